The molecule has 0 aliphatic carbocycles. The Bertz CT molecular complexity index is 2020. The van der Waals surface area contributed by atoms with Gasteiger partial charge in [-0.2, -0.15) is 0 Å². The van der Waals surface area contributed by atoms with Crippen molar-refractivity contribution in [2.45, 2.75) is 203 Å². The fourth-order valence-electron chi connectivity index (χ4n) is 9.82. The van der Waals surface area contributed by atoms with Gasteiger partial charge in [-0.1, -0.05) is 77.8 Å². The molecule has 24 heteroatoms. The molecule has 0 spiro atoms. The lowest BCUT2D eigenvalue weighted by molar-refractivity contribution is -0.147. The summed E-state index contributed by atoms with van der Waals surface area (Å²) in [6, 6.07) is -6.20. The van der Waals surface area contributed by atoms with E-state index in [9.17, 15) is 74.4 Å². The number of aliphatic hydroxyl groups excluding tert-OH is 7. The lowest BCUT2D eigenvalue weighted by Crippen LogP contribution is -2.64. The average Bonchev–Trinajstić information content (AvgIpc) is 3.95. The molecule has 3 aliphatic heterocycles. The number of carbonyl (C=O) groups excluding carboxylic acids is 7. The third kappa shape index (κ3) is 17.5. The highest BCUT2D eigenvalue weighted by Crippen LogP contribution is 2.26. The Balaban J connectivity index is 1.67. The predicted molar refractivity (Wildman–Crippen MR) is 267 cm³/mol. The van der Waals surface area contributed by atoms with E-state index < -0.39 is 152 Å². The number of aliphatic hydroxyl groups is 7. The van der Waals surface area contributed by atoms with Crippen molar-refractivity contribution in [2.24, 2.45) is 23.3 Å². The molecule has 0 bridgehead atoms. The highest BCUT2D eigenvalue weighted by Gasteiger charge is 2.48. The molecule has 3 fully saturated rings. The molecule has 16 atom stereocenters. The molecule has 2 unspecified atom stereocenters. The Morgan fingerprint density at radius 1 is 0.689 bits per heavy atom. The summed E-state index contributed by atoms with van der Waals surface area (Å²) in [5.41, 5.74) is 11.9. The number of nitrogens with two attached hydrogens (primary N) is 2. The molecule has 7 amide bonds. The summed E-state index contributed by atoms with van der Waals surface area (Å²) >= 11 is 0. The average molecular weight is 1050 g/mol. The smallest absolute Gasteiger partial charge is 0.248 e. The largest absolute Gasteiger partial charge is 0.508 e. The molecule has 17 N–H and O–H groups in total. The topological polar surface area (TPSA) is 400 Å². The first kappa shape index (κ1) is 61.5. The molecule has 418 valence electrons. The van der Waals surface area contributed by atoms with Gasteiger partial charge in [0.2, 0.25) is 41.4 Å². The maximum atomic E-state index is 14.4. The molecule has 1 aromatic carbocycles. The highest BCUT2D eigenvalue weighted by molar-refractivity contribution is 5.98. The Hall–Kier alpha value is -5.05. The fourth-order valence-corrected chi connectivity index (χ4v) is 9.82. The van der Waals surface area contributed by atoms with Crippen molar-refractivity contribution >= 4 is 41.4 Å². The highest BCUT2D eigenvalue weighted by atomic mass is 16.3. The summed E-state index contributed by atoms with van der Waals surface area (Å²) in [5, 5.41) is 100.0. The van der Waals surface area contributed by atoms with Crippen LogP contribution in [-0.2, 0) is 33.6 Å². The molecular weight excluding hydrogens is 967 g/mol. The van der Waals surface area contributed by atoms with E-state index >= 15 is 0 Å². The van der Waals surface area contributed by atoms with E-state index in [1.807, 2.05) is 0 Å². The van der Waals surface area contributed by atoms with Crippen LogP contribution in [0.15, 0.2) is 24.3 Å². The summed E-state index contributed by atoms with van der Waals surface area (Å²) in [5.74, 6) is -6.43. The van der Waals surface area contributed by atoms with Crippen LogP contribution in [0.1, 0.15) is 129 Å². The number of hydrogen-bond donors (Lipinski definition) is 15. The number of rotatable bonds is 20. The molecule has 3 heterocycles. The van der Waals surface area contributed by atoms with E-state index in [0.717, 1.165) is 55.2 Å². The van der Waals surface area contributed by atoms with Gasteiger partial charge in [0, 0.05) is 38.8 Å². The Morgan fingerprint density at radius 3 is 1.78 bits per heavy atom. The number of amides is 7. The van der Waals surface area contributed by atoms with Crippen LogP contribution in [0, 0.1) is 11.8 Å². The summed E-state index contributed by atoms with van der Waals surface area (Å²) in [7, 11) is 0. The number of fused-ring (bicyclic) bond motifs is 2. The zero-order valence-electron chi connectivity index (χ0n) is 43.1. The lowest BCUT2D eigenvalue weighted by Gasteiger charge is -2.34. The minimum absolute atomic E-state index is 0.0241. The van der Waals surface area contributed by atoms with E-state index in [2.05, 4.69) is 47.4 Å². The molecule has 1 aromatic rings. The van der Waals surface area contributed by atoms with Crippen molar-refractivity contribution in [3.05, 3.63) is 29.8 Å². The fraction of sp³-hybridized carbons (Fsp3) is 0.740. The normalized spacial score (nSPS) is 29.3. The number of benzene rings is 1. The van der Waals surface area contributed by atoms with Gasteiger partial charge in [-0.25, -0.2) is 0 Å². The zero-order chi connectivity index (χ0) is 55.0. The van der Waals surface area contributed by atoms with Crippen LogP contribution in [0.4, 0.5) is 0 Å². The van der Waals surface area contributed by atoms with Gasteiger partial charge in [-0.05, 0) is 62.3 Å². The summed E-state index contributed by atoms with van der Waals surface area (Å²) in [4.78, 5) is 101. The van der Waals surface area contributed by atoms with Crippen LogP contribution in [0.3, 0.4) is 0 Å². The second kappa shape index (κ2) is 29.3. The first-order valence-electron chi connectivity index (χ1n) is 26.1. The summed E-state index contributed by atoms with van der Waals surface area (Å²) in [6.07, 6.45) is -7.18. The van der Waals surface area contributed by atoms with E-state index in [4.69, 9.17) is 11.5 Å². The van der Waals surface area contributed by atoms with Crippen molar-refractivity contribution in [1.29, 1.82) is 0 Å². The molecule has 0 aromatic heterocycles. The number of aromatic hydroxyl groups is 1. The maximum Gasteiger partial charge on any atom is 0.248 e. The zero-order valence-corrected chi connectivity index (χ0v) is 43.1. The number of carbonyl (C=O) groups is 7. The summed E-state index contributed by atoms with van der Waals surface area (Å²) in [6.45, 7) is 6.59. The van der Waals surface area contributed by atoms with Crippen molar-refractivity contribution in [3.8, 4) is 5.75 Å². The number of nitrogens with one attached hydrogen (secondary N) is 5. The van der Waals surface area contributed by atoms with E-state index in [1.54, 1.807) is 0 Å². The van der Waals surface area contributed by atoms with Gasteiger partial charge in [0.05, 0.1) is 30.5 Å². The number of unbranched alkanes of at least 4 members (excludes halogenated alkanes) is 5. The summed E-state index contributed by atoms with van der Waals surface area (Å²) < 4.78 is 0. The van der Waals surface area contributed by atoms with E-state index in [0.29, 0.717) is 24.7 Å². The quantitative estimate of drug-likeness (QED) is 0.0583. The van der Waals surface area contributed by atoms with Crippen molar-refractivity contribution in [2.75, 3.05) is 19.6 Å². The molecule has 0 radical (unpaired) electrons. The number of nitrogens with zero attached hydrogens (tertiary/aromatic N) is 2. The Labute approximate surface area is 432 Å². The van der Waals surface area contributed by atoms with Crippen LogP contribution >= 0.6 is 0 Å². The third-order valence-electron chi connectivity index (χ3n) is 14.4. The Morgan fingerprint density at radius 2 is 1.22 bits per heavy atom. The molecule has 24 nitrogen and oxygen atoms in total. The van der Waals surface area contributed by atoms with Gasteiger partial charge in [0.15, 0.2) is 0 Å². The SMILES string of the molecule is CCC(C)CC(C)CCCCCCCCC(=O)N[C@H]1C[C@@H](O)[C@@H](N)NC(=O)[C@@H]2C[C@@H](O)CN2C(=O)[C@H]([C@H](O)CCN)NC(=O)[C@H]([C@H](O)[C@@H](O)c2ccc(O)cc2)NC(=O)[C@@H]2C[C@@H](O)CN2C(=O)[C@H]([C@@H](C)O)NC1=O. The van der Waals surface area contributed by atoms with Crippen LogP contribution in [0.25, 0.3) is 0 Å². The molecule has 0 saturated carbocycles. The second-order valence-corrected chi connectivity index (χ2v) is 20.6. The Kier molecular flexibility index (Phi) is 24.4. The molecule has 3 aliphatic rings. The maximum absolute atomic E-state index is 14.4. The first-order valence-corrected chi connectivity index (χ1v) is 26.1. The van der Waals surface area contributed by atoms with Gasteiger partial charge in [-0.15, -0.1) is 0 Å². The first-order chi connectivity index (χ1) is 35.0. The van der Waals surface area contributed by atoms with Crippen molar-refractivity contribution in [3.63, 3.8) is 0 Å². The molecule has 3 saturated heterocycles. The van der Waals surface area contributed by atoms with Crippen molar-refractivity contribution < 1.29 is 74.4 Å². The number of phenolic OH excluding ortho intramolecular Hbond substituents is 1. The molecule has 4 rings (SSSR count). The number of hydrogen-bond acceptors (Lipinski definition) is 17. The minimum Gasteiger partial charge on any atom is -0.508 e. The van der Waals surface area contributed by atoms with E-state index in [1.165, 1.54) is 30.7 Å². The molecular formula is C50H83N9O15. The van der Waals surface area contributed by atoms with E-state index in [-0.39, 0.29) is 37.1 Å². The van der Waals surface area contributed by atoms with Gasteiger partial charge in [0.1, 0.15) is 60.4 Å². The number of phenols is 1. The molecule has 74 heavy (non-hydrogen) atoms. The lowest BCUT2D eigenvalue weighted by atomic mass is 9.91. The third-order valence-corrected chi connectivity index (χ3v) is 14.4. The van der Waals surface area contributed by atoms with Gasteiger partial charge >= 0.3 is 0 Å². The van der Waals surface area contributed by atoms with Gasteiger partial charge in [0.25, 0.3) is 0 Å². The van der Waals surface area contributed by atoms with Crippen molar-refractivity contribution in [1.82, 2.24) is 36.4 Å². The predicted octanol–water partition coefficient (Wildman–Crippen LogP) is -2.90. The van der Waals surface area contributed by atoms with Crippen LogP contribution in [0.2, 0.25) is 0 Å². The van der Waals surface area contributed by atoms with Gasteiger partial charge < -0.3 is 88.7 Å². The van der Waals surface area contributed by atoms with Crippen LogP contribution in [-0.4, -0.2) is 191 Å². The monoisotopic (exact) mass is 1050 g/mol. The van der Waals surface area contributed by atoms with Crippen LogP contribution in [0.5, 0.6) is 5.75 Å². The minimum atomic E-state index is -2.28. The second-order valence-electron chi connectivity index (χ2n) is 20.6. The van der Waals surface area contributed by atoms with Gasteiger partial charge in [-0.3, -0.25) is 33.6 Å². The standard InChI is InChI=1S/C50H83N9O15/c1-5-26(2)20-27(3)12-10-8-6-7-9-11-13-38(66)53-33-23-37(65)44(52)57-47(71)35-22-32(63)25-59(35)50(74)40(36(64)18-19-51)55-48(72)41(43(68)42(67)29-14-16-30(61)17-15-29)56-46(70)34-21-31(62)24-58(34)49(73)39(28(4)60)54-45(33)69/h14-17,26-28,31-37,39-44,60-65,67-68H,5-13,18-25,51-52H2,1-4H3,(H,53,66)(H,54,69)(H,55,72)(H,56,70)(H,57,71)/t26?,27?,28-,31-,32-,33+,34+,35+,36-,37-,39+,40+,41+,42+,43+,44+/m1/s1. The van der Waals surface area contributed by atoms with Crippen LogP contribution < -0.4 is 38.1 Å².